The molecule has 0 aromatic carbocycles. The first-order valence-corrected chi connectivity index (χ1v) is 7.27. The third-order valence-corrected chi connectivity index (χ3v) is 5.06. The van der Waals surface area contributed by atoms with Gasteiger partial charge in [0.1, 0.15) is 0 Å². The Morgan fingerprint density at radius 2 is 2.10 bits per heavy atom. The summed E-state index contributed by atoms with van der Waals surface area (Å²) in [5, 5.41) is 9.03. The van der Waals surface area contributed by atoms with Crippen molar-refractivity contribution in [2.75, 3.05) is 0 Å². The number of carboxylic acids is 1. The highest BCUT2D eigenvalue weighted by molar-refractivity contribution is 5.70. The van der Waals surface area contributed by atoms with Gasteiger partial charge in [0.2, 0.25) is 0 Å². The van der Waals surface area contributed by atoms with Gasteiger partial charge in [-0.3, -0.25) is 9.36 Å². The lowest BCUT2D eigenvalue weighted by Gasteiger charge is -2.27. The second kappa shape index (κ2) is 4.72. The Balaban J connectivity index is 2.06. The molecule has 2 fully saturated rings. The minimum absolute atomic E-state index is 0.0637. The molecule has 0 amide bonds. The third-order valence-electron chi connectivity index (χ3n) is 5.06. The first kappa shape index (κ1) is 13.3. The summed E-state index contributed by atoms with van der Waals surface area (Å²) < 4.78 is 1.77. The van der Waals surface area contributed by atoms with Gasteiger partial charge < -0.3 is 5.11 Å². The van der Waals surface area contributed by atoms with Crippen LogP contribution in [0.4, 0.5) is 0 Å². The molecule has 2 aliphatic carbocycles. The van der Waals surface area contributed by atoms with E-state index in [1.165, 1.54) is 19.3 Å². The van der Waals surface area contributed by atoms with Crippen molar-refractivity contribution in [2.45, 2.75) is 52.0 Å². The maximum Gasteiger partial charge on any atom is 0.348 e. The van der Waals surface area contributed by atoms with E-state index in [-0.39, 0.29) is 18.2 Å². The van der Waals surface area contributed by atoms with Crippen molar-refractivity contribution < 1.29 is 9.90 Å². The van der Waals surface area contributed by atoms with Crippen molar-refractivity contribution in [3.05, 3.63) is 27.4 Å². The predicted octanol–water partition coefficient (Wildman–Crippen LogP) is 1.85. The first-order valence-electron chi connectivity index (χ1n) is 7.27. The molecule has 2 aliphatic rings. The highest BCUT2D eigenvalue weighted by atomic mass is 16.4. The molecule has 3 rings (SSSR count). The van der Waals surface area contributed by atoms with Gasteiger partial charge in [-0.25, -0.2) is 4.79 Å². The molecule has 2 saturated carbocycles. The zero-order valence-corrected chi connectivity index (χ0v) is 11.9. The van der Waals surface area contributed by atoms with Crippen molar-refractivity contribution >= 4 is 5.97 Å². The molecule has 1 N–H and O–H groups in total. The van der Waals surface area contributed by atoms with E-state index in [9.17, 15) is 9.59 Å². The largest absolute Gasteiger partial charge is 0.481 e. The molecular weight excluding hydrogens is 256 g/mol. The molecule has 3 unspecified atom stereocenters. The quantitative estimate of drug-likeness (QED) is 0.914. The van der Waals surface area contributed by atoms with Gasteiger partial charge in [-0.15, -0.1) is 0 Å². The smallest absolute Gasteiger partial charge is 0.348 e. The molecule has 1 aromatic rings. The molecule has 2 bridgehead atoms. The Labute approximate surface area is 117 Å². The summed E-state index contributed by atoms with van der Waals surface area (Å²) in [6.07, 6.45) is 4.65. The molecule has 108 valence electrons. The minimum Gasteiger partial charge on any atom is -0.481 e. The summed E-state index contributed by atoms with van der Waals surface area (Å²) in [5.74, 6) is 0.426. The molecular formula is C15H20N2O3. The van der Waals surface area contributed by atoms with Gasteiger partial charge in [-0.1, -0.05) is 6.42 Å². The SMILES string of the molecule is Cc1nc(=O)n(C2CC3CCC2C3)c(C)c1CC(=O)O. The van der Waals surface area contributed by atoms with Crippen LogP contribution in [-0.2, 0) is 11.2 Å². The fourth-order valence-electron chi connectivity index (χ4n) is 4.14. The van der Waals surface area contributed by atoms with Gasteiger partial charge in [0.15, 0.2) is 0 Å². The molecule has 5 nitrogen and oxygen atoms in total. The van der Waals surface area contributed by atoms with Gasteiger partial charge in [-0.05, 0) is 44.9 Å². The number of aromatic nitrogens is 2. The summed E-state index contributed by atoms with van der Waals surface area (Å²) in [7, 11) is 0. The van der Waals surface area contributed by atoms with E-state index in [2.05, 4.69) is 4.98 Å². The Hall–Kier alpha value is -1.65. The van der Waals surface area contributed by atoms with Crippen LogP contribution in [0.2, 0.25) is 0 Å². The highest BCUT2D eigenvalue weighted by Gasteiger charge is 2.41. The number of fused-ring (bicyclic) bond motifs is 2. The van der Waals surface area contributed by atoms with Crippen LogP contribution in [0.5, 0.6) is 0 Å². The molecule has 3 atom stereocenters. The van der Waals surface area contributed by atoms with Crippen molar-refractivity contribution in [3.63, 3.8) is 0 Å². The van der Waals surface area contributed by atoms with Crippen molar-refractivity contribution in [2.24, 2.45) is 11.8 Å². The van der Waals surface area contributed by atoms with E-state index >= 15 is 0 Å². The van der Waals surface area contributed by atoms with Gasteiger partial charge in [0, 0.05) is 23.0 Å². The van der Waals surface area contributed by atoms with Crippen molar-refractivity contribution in [3.8, 4) is 0 Å². The Kier molecular flexibility index (Phi) is 3.15. The standard InChI is InChI=1S/C15H20N2O3/c1-8-12(7-14(18)19)9(2)17(15(20)16-8)13-6-10-3-4-11(13)5-10/h10-11,13H,3-7H2,1-2H3,(H,18,19). The fourth-order valence-corrected chi connectivity index (χ4v) is 4.14. The molecule has 20 heavy (non-hydrogen) atoms. The summed E-state index contributed by atoms with van der Waals surface area (Å²) in [6.45, 7) is 3.58. The average Bonchev–Trinajstić information content (AvgIpc) is 2.96. The van der Waals surface area contributed by atoms with Gasteiger partial charge in [-0.2, -0.15) is 4.98 Å². The second-order valence-electron chi connectivity index (χ2n) is 6.23. The summed E-state index contributed by atoms with van der Waals surface area (Å²) in [5.41, 5.74) is 1.82. The topological polar surface area (TPSA) is 72.2 Å². The normalized spacial score (nSPS) is 28.0. The number of carbonyl (C=O) groups is 1. The Morgan fingerprint density at radius 1 is 1.35 bits per heavy atom. The summed E-state index contributed by atoms with van der Waals surface area (Å²) in [4.78, 5) is 27.3. The number of rotatable bonds is 3. The summed E-state index contributed by atoms with van der Waals surface area (Å²) >= 11 is 0. The van der Waals surface area contributed by atoms with Crippen molar-refractivity contribution in [1.82, 2.24) is 9.55 Å². The lowest BCUT2D eigenvalue weighted by molar-refractivity contribution is -0.136. The summed E-state index contributed by atoms with van der Waals surface area (Å²) in [6, 6.07) is 0.224. The van der Waals surface area contributed by atoms with Gasteiger partial charge >= 0.3 is 11.7 Å². The number of carboxylic acid groups (broad SMARTS) is 1. The van der Waals surface area contributed by atoms with E-state index < -0.39 is 5.97 Å². The molecule has 5 heteroatoms. The molecule has 0 radical (unpaired) electrons. The number of nitrogens with zero attached hydrogens (tertiary/aromatic N) is 2. The molecule has 0 saturated heterocycles. The zero-order chi connectivity index (χ0) is 14.4. The van der Waals surface area contributed by atoms with Gasteiger partial charge in [0.05, 0.1) is 6.42 Å². The van der Waals surface area contributed by atoms with E-state index in [0.29, 0.717) is 17.2 Å². The maximum atomic E-state index is 12.3. The Morgan fingerprint density at radius 3 is 2.65 bits per heavy atom. The van der Waals surface area contributed by atoms with Crippen LogP contribution in [0.15, 0.2) is 4.79 Å². The number of aryl methyl sites for hydroxylation is 1. The van der Waals surface area contributed by atoms with Crippen LogP contribution < -0.4 is 5.69 Å². The van der Waals surface area contributed by atoms with Gasteiger partial charge in [0.25, 0.3) is 0 Å². The van der Waals surface area contributed by atoms with E-state index in [0.717, 1.165) is 18.0 Å². The lowest BCUT2D eigenvalue weighted by atomic mass is 9.94. The zero-order valence-electron chi connectivity index (χ0n) is 11.9. The van der Waals surface area contributed by atoms with E-state index in [1.54, 1.807) is 11.5 Å². The van der Waals surface area contributed by atoms with Crippen LogP contribution in [0.1, 0.15) is 48.7 Å². The highest BCUT2D eigenvalue weighted by Crippen LogP contribution is 2.50. The van der Waals surface area contributed by atoms with Crippen LogP contribution in [0.25, 0.3) is 0 Å². The van der Waals surface area contributed by atoms with Crippen LogP contribution >= 0.6 is 0 Å². The maximum absolute atomic E-state index is 12.3. The number of hydrogen-bond donors (Lipinski definition) is 1. The predicted molar refractivity (Wildman–Crippen MR) is 73.8 cm³/mol. The Bertz CT molecular complexity index is 620. The third kappa shape index (κ3) is 2.05. The lowest BCUT2D eigenvalue weighted by Crippen LogP contribution is -2.33. The molecule has 0 spiro atoms. The van der Waals surface area contributed by atoms with Crippen molar-refractivity contribution in [1.29, 1.82) is 0 Å². The molecule has 1 heterocycles. The fraction of sp³-hybridized carbons (Fsp3) is 0.667. The second-order valence-corrected chi connectivity index (χ2v) is 6.23. The molecule has 1 aromatic heterocycles. The number of aliphatic carboxylic acids is 1. The van der Waals surface area contributed by atoms with Crippen LogP contribution in [0, 0.1) is 25.7 Å². The first-order chi connectivity index (χ1) is 9.47. The minimum atomic E-state index is -0.879. The average molecular weight is 276 g/mol. The number of hydrogen-bond acceptors (Lipinski definition) is 3. The molecule has 0 aliphatic heterocycles. The van der Waals surface area contributed by atoms with Crippen LogP contribution in [0.3, 0.4) is 0 Å². The van der Waals surface area contributed by atoms with E-state index in [1.807, 2.05) is 6.92 Å². The van der Waals surface area contributed by atoms with E-state index in [4.69, 9.17) is 5.11 Å². The van der Waals surface area contributed by atoms with Crippen LogP contribution in [-0.4, -0.2) is 20.6 Å². The monoisotopic (exact) mass is 276 g/mol.